The van der Waals surface area contributed by atoms with E-state index in [2.05, 4.69) is 13.8 Å². The molecule has 0 spiro atoms. The fraction of sp³-hybridized carbons (Fsp3) is 0.650. The molecular weight excluding hydrogens is 318 g/mol. The number of aryl methyl sites for hydroxylation is 1. The van der Waals surface area contributed by atoms with Crippen LogP contribution in [0.5, 0.6) is 11.5 Å². The molecular formula is C20H29NO4. The van der Waals surface area contributed by atoms with Crippen molar-refractivity contribution in [3.63, 3.8) is 0 Å². The summed E-state index contributed by atoms with van der Waals surface area (Å²) in [6, 6.07) is 4.08. The fourth-order valence-corrected chi connectivity index (χ4v) is 4.47. The summed E-state index contributed by atoms with van der Waals surface area (Å²) < 4.78 is 17.3. The third-order valence-electron chi connectivity index (χ3n) is 5.77. The predicted octanol–water partition coefficient (Wildman–Crippen LogP) is 3.27. The van der Waals surface area contributed by atoms with Crippen LogP contribution in [0.15, 0.2) is 12.1 Å². The Bertz CT molecular complexity index is 701. The average molecular weight is 347 g/mol. The van der Waals surface area contributed by atoms with Crippen LogP contribution in [0.1, 0.15) is 45.2 Å². The van der Waals surface area contributed by atoms with Gasteiger partial charge < -0.3 is 19.1 Å². The van der Waals surface area contributed by atoms with E-state index in [9.17, 15) is 4.79 Å². The predicted molar refractivity (Wildman–Crippen MR) is 96.1 cm³/mol. The molecule has 0 aliphatic carbocycles. The normalized spacial score (nSPS) is 31.6. The summed E-state index contributed by atoms with van der Waals surface area (Å²) >= 11 is 0. The molecule has 1 amide bonds. The van der Waals surface area contributed by atoms with E-state index in [1.165, 1.54) is 0 Å². The molecule has 3 atom stereocenters. The minimum atomic E-state index is -0.701. The zero-order chi connectivity index (χ0) is 18.6. The molecule has 2 aliphatic rings. The summed E-state index contributed by atoms with van der Waals surface area (Å²) in [5, 5.41) is 0. The number of carbonyl (C=O) groups is 1. The van der Waals surface area contributed by atoms with Crippen molar-refractivity contribution >= 4 is 5.91 Å². The fourth-order valence-electron chi connectivity index (χ4n) is 4.47. The third-order valence-corrected chi connectivity index (χ3v) is 5.77. The van der Waals surface area contributed by atoms with E-state index in [1.807, 2.05) is 37.8 Å². The highest BCUT2D eigenvalue weighted by molar-refractivity contribution is 5.92. The molecule has 0 radical (unpaired) electrons. The molecule has 2 aliphatic heterocycles. The topological polar surface area (TPSA) is 48.0 Å². The Morgan fingerprint density at radius 3 is 2.48 bits per heavy atom. The molecule has 0 N–H and O–H groups in total. The van der Waals surface area contributed by atoms with Crippen molar-refractivity contribution < 1.29 is 19.0 Å². The molecule has 0 unspecified atom stereocenters. The number of amides is 1. The molecule has 1 aromatic rings. The van der Waals surface area contributed by atoms with Gasteiger partial charge in [0.15, 0.2) is 11.5 Å². The van der Waals surface area contributed by atoms with Gasteiger partial charge >= 0.3 is 0 Å². The minimum Gasteiger partial charge on any atom is -0.493 e. The van der Waals surface area contributed by atoms with E-state index in [-0.39, 0.29) is 11.9 Å². The number of nitrogens with zero attached hydrogens (tertiary/aromatic N) is 1. The average Bonchev–Trinajstić information content (AvgIpc) is 2.98. The summed E-state index contributed by atoms with van der Waals surface area (Å²) in [7, 11) is 3.24. The van der Waals surface area contributed by atoms with Gasteiger partial charge in [-0.15, -0.1) is 0 Å². The highest BCUT2D eigenvalue weighted by atomic mass is 16.5. The number of hydrogen-bond donors (Lipinski definition) is 0. The van der Waals surface area contributed by atoms with Crippen LogP contribution in [0, 0.1) is 12.8 Å². The molecule has 2 saturated heterocycles. The van der Waals surface area contributed by atoms with Crippen molar-refractivity contribution in [1.82, 2.24) is 4.90 Å². The van der Waals surface area contributed by atoms with Crippen LogP contribution in [0.2, 0.25) is 0 Å². The molecule has 25 heavy (non-hydrogen) atoms. The van der Waals surface area contributed by atoms with Gasteiger partial charge in [0.2, 0.25) is 5.91 Å². The first-order valence-electron chi connectivity index (χ1n) is 8.89. The summed E-state index contributed by atoms with van der Waals surface area (Å²) in [5.41, 5.74) is 0.647. The van der Waals surface area contributed by atoms with Crippen LogP contribution in [-0.2, 0) is 14.9 Å². The van der Waals surface area contributed by atoms with Gasteiger partial charge in [-0.25, -0.2) is 0 Å². The smallest absolute Gasteiger partial charge is 0.235 e. The van der Waals surface area contributed by atoms with Crippen molar-refractivity contribution in [1.29, 1.82) is 0 Å². The zero-order valence-electron chi connectivity index (χ0n) is 16.3. The van der Waals surface area contributed by atoms with Crippen LogP contribution < -0.4 is 9.47 Å². The Morgan fingerprint density at radius 1 is 1.24 bits per heavy atom. The number of hydrogen-bond acceptors (Lipinski definition) is 4. The van der Waals surface area contributed by atoms with E-state index in [4.69, 9.17) is 14.2 Å². The quantitative estimate of drug-likeness (QED) is 0.839. The number of methoxy groups -OCH3 is 2. The molecule has 5 heteroatoms. The Balaban J connectivity index is 2.13. The second kappa shape index (κ2) is 5.90. The van der Waals surface area contributed by atoms with Crippen molar-refractivity contribution in [2.75, 3.05) is 20.8 Å². The number of rotatable bonds is 4. The maximum absolute atomic E-state index is 13.6. The first-order valence-corrected chi connectivity index (χ1v) is 8.89. The molecule has 2 fully saturated rings. The number of benzene rings is 1. The molecule has 0 saturated carbocycles. The summed E-state index contributed by atoms with van der Waals surface area (Å²) in [5.74, 6) is 1.75. The first kappa shape index (κ1) is 18.1. The molecule has 5 nitrogen and oxygen atoms in total. The van der Waals surface area contributed by atoms with Crippen molar-refractivity contribution in [3.05, 3.63) is 23.3 Å². The minimum absolute atomic E-state index is 0.108. The summed E-state index contributed by atoms with van der Waals surface area (Å²) in [6.45, 7) is 10.9. The third kappa shape index (κ3) is 2.51. The SMILES string of the molecule is COc1cc(C)cc([C@]2(C)C[C@@]3(C)OC[C@H](C(C)C)N3C2=O)c1OC. The van der Waals surface area contributed by atoms with Gasteiger partial charge in [-0.05, 0) is 38.3 Å². The molecule has 3 rings (SSSR count). The van der Waals surface area contributed by atoms with E-state index < -0.39 is 11.1 Å². The van der Waals surface area contributed by atoms with Crippen molar-refractivity contribution in [3.8, 4) is 11.5 Å². The Hall–Kier alpha value is -1.75. The van der Waals surface area contributed by atoms with Gasteiger partial charge in [0.05, 0.1) is 32.3 Å². The number of fused-ring (bicyclic) bond motifs is 1. The van der Waals surface area contributed by atoms with Crippen molar-refractivity contribution in [2.45, 2.75) is 58.2 Å². The molecule has 2 heterocycles. The van der Waals surface area contributed by atoms with Gasteiger partial charge in [0, 0.05) is 12.0 Å². The van der Waals surface area contributed by atoms with Crippen LogP contribution in [0.3, 0.4) is 0 Å². The molecule has 0 aromatic heterocycles. The lowest BCUT2D eigenvalue weighted by Gasteiger charge is -2.31. The standard InChI is InChI=1S/C20H29NO4/c1-12(2)15-10-25-20(5)11-19(4,18(22)21(15)20)14-8-13(3)9-16(23-6)17(14)24-7/h8-9,12,15H,10-11H2,1-7H3/t15-,19+,20-/m1/s1. The summed E-state index contributed by atoms with van der Waals surface area (Å²) in [6.07, 6.45) is 0.602. The van der Waals surface area contributed by atoms with Crippen LogP contribution in [-0.4, -0.2) is 43.4 Å². The van der Waals surface area contributed by atoms with Crippen LogP contribution in [0.4, 0.5) is 0 Å². The van der Waals surface area contributed by atoms with Gasteiger partial charge in [0.25, 0.3) is 0 Å². The van der Waals surface area contributed by atoms with Gasteiger partial charge in [-0.1, -0.05) is 19.9 Å². The van der Waals surface area contributed by atoms with Gasteiger partial charge in [-0.3, -0.25) is 4.79 Å². The largest absolute Gasteiger partial charge is 0.493 e. The Morgan fingerprint density at radius 2 is 1.92 bits per heavy atom. The van der Waals surface area contributed by atoms with Crippen LogP contribution >= 0.6 is 0 Å². The lowest BCUT2D eigenvalue weighted by molar-refractivity contribution is -0.139. The Labute approximate surface area is 150 Å². The van der Waals surface area contributed by atoms with E-state index in [0.29, 0.717) is 30.4 Å². The maximum atomic E-state index is 13.6. The zero-order valence-corrected chi connectivity index (χ0v) is 16.3. The highest BCUT2D eigenvalue weighted by Gasteiger charge is 2.62. The molecule has 138 valence electrons. The van der Waals surface area contributed by atoms with E-state index in [1.54, 1.807) is 14.2 Å². The van der Waals surface area contributed by atoms with E-state index in [0.717, 1.165) is 11.1 Å². The monoisotopic (exact) mass is 347 g/mol. The maximum Gasteiger partial charge on any atom is 0.235 e. The van der Waals surface area contributed by atoms with Gasteiger partial charge in [0.1, 0.15) is 5.72 Å². The van der Waals surface area contributed by atoms with Crippen molar-refractivity contribution in [2.24, 2.45) is 5.92 Å². The highest BCUT2D eigenvalue weighted by Crippen LogP contribution is 2.53. The summed E-state index contributed by atoms with van der Waals surface area (Å²) in [4.78, 5) is 15.5. The second-order valence-electron chi connectivity index (χ2n) is 8.03. The molecule has 1 aromatic carbocycles. The lowest BCUT2D eigenvalue weighted by Crippen LogP contribution is -2.47. The molecule has 0 bridgehead atoms. The second-order valence-corrected chi connectivity index (χ2v) is 8.03. The number of ether oxygens (including phenoxy) is 3. The van der Waals surface area contributed by atoms with Crippen LogP contribution in [0.25, 0.3) is 0 Å². The van der Waals surface area contributed by atoms with E-state index >= 15 is 0 Å². The first-order chi connectivity index (χ1) is 11.7. The lowest BCUT2D eigenvalue weighted by atomic mass is 9.78. The number of carbonyl (C=O) groups excluding carboxylic acids is 1. The van der Waals surface area contributed by atoms with Gasteiger partial charge in [-0.2, -0.15) is 0 Å². The Kier molecular flexibility index (Phi) is 4.26.